The Morgan fingerprint density at radius 3 is 2.59 bits per heavy atom. The largest absolute Gasteiger partial charge is 0.448 e. The number of rotatable bonds is 7. The van der Waals surface area contributed by atoms with Gasteiger partial charge in [0.15, 0.2) is 11.6 Å². The van der Waals surface area contributed by atoms with Crippen molar-refractivity contribution in [1.29, 1.82) is 0 Å². The number of hydrogen-bond acceptors (Lipinski definition) is 5. The number of alkyl carbamates (subject to hydrolysis) is 1. The average molecular weight is 528 g/mol. The van der Waals surface area contributed by atoms with Crippen molar-refractivity contribution in [3.63, 3.8) is 0 Å². The molecule has 194 valence electrons. The van der Waals surface area contributed by atoms with Crippen LogP contribution in [0.5, 0.6) is 0 Å². The maximum atomic E-state index is 14.0. The first-order valence-electron chi connectivity index (χ1n) is 12.3. The van der Waals surface area contributed by atoms with Crippen LogP contribution in [-0.4, -0.2) is 41.6 Å². The number of hydrogen-bond donors (Lipinski definition) is 1. The number of carbonyl (C=O) groups excluding carboxylic acids is 1. The number of ether oxygens (including phenoxy) is 2. The summed E-state index contributed by atoms with van der Waals surface area (Å²) in [6, 6.07) is 12.6. The fourth-order valence-corrected chi connectivity index (χ4v) is 5.23. The Bertz CT molecular complexity index is 1250. The standard InChI is InChI=1S/C28H28ClF2N3O3/c29-10-14-36-27(35)33-26(21-5-6-24(30)25(31)15-21)20-3-1-19(2-4-20)17-34-12-8-28(9-13-34)23-16-32-11-7-22(23)18-37-28/h1-7,11,15-16,26H,8-10,12-14,17-18H2,(H,33,35). The van der Waals surface area contributed by atoms with Gasteiger partial charge in [-0.25, -0.2) is 13.6 Å². The number of nitrogens with one attached hydrogen (secondary N) is 1. The van der Waals surface area contributed by atoms with E-state index >= 15 is 0 Å². The van der Waals surface area contributed by atoms with Gasteiger partial charge in [0.05, 0.1) is 24.1 Å². The molecular formula is C28H28ClF2N3O3. The van der Waals surface area contributed by atoms with Crippen LogP contribution < -0.4 is 5.32 Å². The van der Waals surface area contributed by atoms with E-state index in [0.29, 0.717) is 12.2 Å². The summed E-state index contributed by atoms with van der Waals surface area (Å²) < 4.78 is 38.8. The molecule has 2 aromatic carbocycles. The van der Waals surface area contributed by atoms with Gasteiger partial charge in [-0.2, -0.15) is 0 Å². The highest BCUT2D eigenvalue weighted by atomic mass is 35.5. The molecule has 0 bridgehead atoms. The molecule has 1 spiro atoms. The summed E-state index contributed by atoms with van der Waals surface area (Å²) >= 11 is 5.60. The molecule has 0 radical (unpaired) electrons. The van der Waals surface area contributed by atoms with Gasteiger partial charge in [-0.05, 0) is 53.3 Å². The fourth-order valence-electron chi connectivity index (χ4n) is 5.15. The van der Waals surface area contributed by atoms with Gasteiger partial charge in [-0.1, -0.05) is 30.3 Å². The van der Waals surface area contributed by atoms with Crippen molar-refractivity contribution in [2.75, 3.05) is 25.6 Å². The highest BCUT2D eigenvalue weighted by molar-refractivity contribution is 6.18. The summed E-state index contributed by atoms with van der Waals surface area (Å²) in [5.74, 6) is -1.78. The Morgan fingerprint density at radius 2 is 1.86 bits per heavy atom. The quantitative estimate of drug-likeness (QED) is 0.415. The summed E-state index contributed by atoms with van der Waals surface area (Å²) in [6.45, 7) is 3.27. The van der Waals surface area contributed by atoms with Gasteiger partial charge in [-0.15, -0.1) is 11.6 Å². The summed E-state index contributed by atoms with van der Waals surface area (Å²) in [4.78, 5) is 18.9. The molecule has 1 aromatic heterocycles. The van der Waals surface area contributed by atoms with Gasteiger partial charge < -0.3 is 14.8 Å². The molecule has 3 heterocycles. The lowest BCUT2D eigenvalue weighted by molar-refractivity contribution is -0.0800. The van der Waals surface area contributed by atoms with E-state index in [1.165, 1.54) is 17.2 Å². The zero-order valence-electron chi connectivity index (χ0n) is 20.3. The molecule has 37 heavy (non-hydrogen) atoms. The van der Waals surface area contributed by atoms with Crippen molar-refractivity contribution in [3.05, 3.63) is 100 Å². The number of alkyl halides is 1. The number of fused-ring (bicyclic) bond motifs is 2. The predicted octanol–water partition coefficient (Wildman–Crippen LogP) is 5.44. The number of halogens is 3. The highest BCUT2D eigenvalue weighted by Gasteiger charge is 2.42. The average Bonchev–Trinajstić information content (AvgIpc) is 3.28. The van der Waals surface area contributed by atoms with Crippen LogP contribution in [0, 0.1) is 11.6 Å². The molecule has 1 saturated heterocycles. The van der Waals surface area contributed by atoms with E-state index in [1.807, 2.05) is 42.7 Å². The predicted molar refractivity (Wildman–Crippen MR) is 135 cm³/mol. The van der Waals surface area contributed by atoms with Crippen LogP contribution in [0.3, 0.4) is 0 Å². The molecule has 2 aliphatic rings. The van der Waals surface area contributed by atoms with Crippen LogP contribution in [0.4, 0.5) is 13.6 Å². The van der Waals surface area contributed by atoms with E-state index in [1.54, 1.807) is 0 Å². The van der Waals surface area contributed by atoms with Crippen molar-refractivity contribution in [1.82, 2.24) is 15.2 Å². The van der Waals surface area contributed by atoms with Gasteiger partial charge in [0.25, 0.3) is 0 Å². The van der Waals surface area contributed by atoms with E-state index in [-0.39, 0.29) is 18.1 Å². The number of amides is 1. The number of aromatic nitrogens is 1. The van der Waals surface area contributed by atoms with Crippen LogP contribution in [0.1, 0.15) is 46.7 Å². The summed E-state index contributed by atoms with van der Waals surface area (Å²) in [6.07, 6.45) is 4.90. The Morgan fingerprint density at radius 1 is 1.11 bits per heavy atom. The number of likely N-dealkylation sites (tertiary alicyclic amines) is 1. The van der Waals surface area contributed by atoms with Gasteiger partial charge in [0.2, 0.25) is 0 Å². The third kappa shape index (κ3) is 5.61. The molecule has 1 N–H and O–H groups in total. The minimum Gasteiger partial charge on any atom is -0.448 e. The zero-order valence-corrected chi connectivity index (χ0v) is 21.0. The van der Waals surface area contributed by atoms with Crippen LogP contribution in [0.15, 0.2) is 60.9 Å². The molecule has 2 aliphatic heterocycles. The first-order valence-corrected chi connectivity index (χ1v) is 12.8. The molecule has 9 heteroatoms. The summed E-state index contributed by atoms with van der Waals surface area (Å²) in [5.41, 5.74) is 4.46. The summed E-state index contributed by atoms with van der Waals surface area (Å²) in [5, 5.41) is 2.73. The van der Waals surface area contributed by atoms with E-state index in [4.69, 9.17) is 21.1 Å². The maximum absolute atomic E-state index is 14.0. The first-order chi connectivity index (χ1) is 18.0. The van der Waals surface area contributed by atoms with Crippen molar-refractivity contribution in [2.24, 2.45) is 0 Å². The normalized spacial score (nSPS) is 17.4. The van der Waals surface area contributed by atoms with Crippen LogP contribution in [0.25, 0.3) is 0 Å². The van der Waals surface area contributed by atoms with Crippen molar-refractivity contribution in [3.8, 4) is 0 Å². The number of pyridine rings is 1. The smallest absolute Gasteiger partial charge is 0.407 e. The van der Waals surface area contributed by atoms with E-state index in [9.17, 15) is 13.6 Å². The molecule has 6 nitrogen and oxygen atoms in total. The zero-order chi connectivity index (χ0) is 25.8. The van der Waals surface area contributed by atoms with Gasteiger partial charge in [0, 0.05) is 37.6 Å². The van der Waals surface area contributed by atoms with Crippen LogP contribution in [-0.2, 0) is 28.2 Å². The lowest BCUT2D eigenvalue weighted by Gasteiger charge is -2.39. The fraction of sp³-hybridized carbons (Fsp3) is 0.357. The first kappa shape index (κ1) is 25.6. The third-order valence-corrected chi connectivity index (χ3v) is 7.29. The monoisotopic (exact) mass is 527 g/mol. The molecule has 0 saturated carbocycles. The Kier molecular flexibility index (Phi) is 7.69. The Hall–Kier alpha value is -3.07. The minimum absolute atomic E-state index is 0.0427. The number of carbonyl (C=O) groups is 1. The molecule has 0 aliphatic carbocycles. The molecule has 1 fully saturated rings. The van der Waals surface area contributed by atoms with Gasteiger partial charge in [-0.3, -0.25) is 9.88 Å². The van der Waals surface area contributed by atoms with Crippen LogP contribution >= 0.6 is 11.6 Å². The summed E-state index contributed by atoms with van der Waals surface area (Å²) in [7, 11) is 0. The number of benzene rings is 2. The Labute approximate surface area is 219 Å². The lowest BCUT2D eigenvalue weighted by Crippen LogP contribution is -2.42. The van der Waals surface area contributed by atoms with E-state index in [0.717, 1.165) is 55.7 Å². The molecule has 5 rings (SSSR count). The van der Waals surface area contributed by atoms with Crippen molar-refractivity contribution in [2.45, 2.75) is 37.6 Å². The SMILES string of the molecule is O=C(NC(c1ccc(CN2CCC3(CC2)OCc2ccncc23)cc1)c1ccc(F)c(F)c1)OCCCl. The second-order valence-corrected chi connectivity index (χ2v) is 9.79. The van der Waals surface area contributed by atoms with Gasteiger partial charge >= 0.3 is 6.09 Å². The second kappa shape index (κ2) is 11.1. The second-order valence-electron chi connectivity index (χ2n) is 9.41. The van der Waals surface area contributed by atoms with E-state index < -0.39 is 23.8 Å². The molecule has 1 atom stereocenters. The number of nitrogens with zero attached hydrogens (tertiary/aromatic N) is 2. The topological polar surface area (TPSA) is 63.7 Å². The highest BCUT2D eigenvalue weighted by Crippen LogP contribution is 2.43. The lowest BCUT2D eigenvalue weighted by atomic mass is 9.84. The van der Waals surface area contributed by atoms with E-state index in [2.05, 4.69) is 15.2 Å². The molecular weight excluding hydrogens is 500 g/mol. The molecule has 3 aromatic rings. The van der Waals surface area contributed by atoms with Gasteiger partial charge in [0.1, 0.15) is 6.61 Å². The molecule has 1 amide bonds. The maximum Gasteiger partial charge on any atom is 0.407 e. The van der Waals surface area contributed by atoms with Crippen molar-refractivity contribution < 1.29 is 23.0 Å². The minimum atomic E-state index is -0.984. The molecule has 1 unspecified atom stereocenters. The third-order valence-electron chi connectivity index (χ3n) is 7.14. The van der Waals surface area contributed by atoms with Crippen molar-refractivity contribution >= 4 is 17.7 Å². The van der Waals surface area contributed by atoms with Crippen LogP contribution in [0.2, 0.25) is 0 Å². The number of piperidine rings is 1. The Balaban J connectivity index is 1.26.